The van der Waals surface area contributed by atoms with Gasteiger partial charge in [-0.25, -0.2) is 0 Å². The lowest BCUT2D eigenvalue weighted by Gasteiger charge is -2.51. The van der Waals surface area contributed by atoms with E-state index in [1.54, 1.807) is 0 Å². The van der Waals surface area contributed by atoms with Gasteiger partial charge in [0.05, 0.1) is 0 Å². The molecule has 0 aromatic carbocycles. The van der Waals surface area contributed by atoms with Gasteiger partial charge in [-0.1, -0.05) is 39.3 Å². The normalized spacial score (nSPS) is 45.1. The first-order chi connectivity index (χ1) is 6.90. The van der Waals surface area contributed by atoms with Gasteiger partial charge in [-0.05, 0) is 54.3 Å². The molecule has 0 aromatic heterocycles. The third-order valence-corrected chi connectivity index (χ3v) is 6.16. The van der Waals surface area contributed by atoms with E-state index in [2.05, 4.69) is 33.8 Å². The number of hydrogen-bond acceptors (Lipinski definition) is 0. The Labute approximate surface area is 94.1 Å². The van der Waals surface area contributed by atoms with Crippen LogP contribution in [0.1, 0.15) is 59.8 Å². The van der Waals surface area contributed by atoms with E-state index in [0.29, 0.717) is 16.2 Å². The number of hydrogen-bond donors (Lipinski definition) is 0. The maximum Gasteiger partial charge on any atom is -0.00284 e. The van der Waals surface area contributed by atoms with Gasteiger partial charge in [-0.2, -0.15) is 0 Å². The van der Waals surface area contributed by atoms with Gasteiger partial charge in [0, 0.05) is 0 Å². The van der Waals surface area contributed by atoms with Gasteiger partial charge in [0.15, 0.2) is 0 Å². The first-order valence-corrected chi connectivity index (χ1v) is 6.61. The molecule has 15 heavy (non-hydrogen) atoms. The van der Waals surface area contributed by atoms with Crippen molar-refractivity contribution in [3.63, 3.8) is 0 Å². The van der Waals surface area contributed by atoms with Crippen molar-refractivity contribution in [2.24, 2.45) is 22.2 Å². The van der Waals surface area contributed by atoms with Crippen molar-refractivity contribution < 1.29 is 0 Å². The van der Waals surface area contributed by atoms with Crippen LogP contribution < -0.4 is 0 Å². The Bertz CT molecular complexity index is 332. The van der Waals surface area contributed by atoms with Gasteiger partial charge in [0.25, 0.3) is 0 Å². The molecule has 2 bridgehead atoms. The van der Waals surface area contributed by atoms with Crippen LogP contribution in [0.2, 0.25) is 0 Å². The number of allylic oxidation sites excluding steroid dienone is 2. The van der Waals surface area contributed by atoms with E-state index in [9.17, 15) is 0 Å². The summed E-state index contributed by atoms with van der Waals surface area (Å²) in [5, 5.41) is 0. The highest BCUT2D eigenvalue weighted by atomic mass is 14.7. The average Bonchev–Trinajstić information content (AvgIpc) is 2.63. The Kier molecular flexibility index (Phi) is 1.67. The van der Waals surface area contributed by atoms with E-state index in [-0.39, 0.29) is 0 Å². The molecule has 1 unspecified atom stereocenters. The molecule has 0 heteroatoms. The van der Waals surface area contributed by atoms with E-state index >= 15 is 0 Å². The Morgan fingerprint density at radius 3 is 2.53 bits per heavy atom. The molecule has 0 N–H and O–H groups in total. The summed E-state index contributed by atoms with van der Waals surface area (Å²) < 4.78 is 0. The monoisotopic (exact) mass is 204 g/mol. The van der Waals surface area contributed by atoms with E-state index in [1.165, 1.54) is 32.1 Å². The first-order valence-electron chi connectivity index (χ1n) is 6.61. The molecule has 3 aliphatic rings. The zero-order chi connectivity index (χ0) is 10.9. The highest BCUT2D eigenvalue weighted by molar-refractivity contribution is 5.36. The van der Waals surface area contributed by atoms with Crippen LogP contribution in [0, 0.1) is 22.2 Å². The van der Waals surface area contributed by atoms with E-state index < -0.39 is 0 Å². The van der Waals surface area contributed by atoms with Crippen LogP contribution in [-0.2, 0) is 0 Å². The van der Waals surface area contributed by atoms with Crippen LogP contribution >= 0.6 is 0 Å². The molecule has 2 saturated carbocycles. The highest BCUT2D eigenvalue weighted by Crippen LogP contribution is 2.73. The van der Waals surface area contributed by atoms with Crippen molar-refractivity contribution in [2.45, 2.75) is 59.8 Å². The lowest BCUT2D eigenvalue weighted by molar-refractivity contribution is 0.0901. The molecule has 0 aromatic rings. The van der Waals surface area contributed by atoms with Gasteiger partial charge in [0.1, 0.15) is 0 Å². The fourth-order valence-electron chi connectivity index (χ4n) is 5.00. The zero-order valence-electron chi connectivity index (χ0n) is 10.7. The van der Waals surface area contributed by atoms with Crippen molar-refractivity contribution in [3.8, 4) is 0 Å². The molecule has 1 spiro atoms. The fourth-order valence-corrected chi connectivity index (χ4v) is 5.00. The lowest BCUT2D eigenvalue weighted by Crippen LogP contribution is -2.41. The second kappa shape index (κ2) is 2.52. The van der Waals surface area contributed by atoms with Crippen molar-refractivity contribution in [2.75, 3.05) is 0 Å². The summed E-state index contributed by atoms with van der Waals surface area (Å²) in [6.07, 6.45) is 9.76. The van der Waals surface area contributed by atoms with Crippen LogP contribution in [-0.4, -0.2) is 0 Å². The average molecular weight is 204 g/mol. The second-order valence-electron chi connectivity index (χ2n) is 7.28. The molecule has 0 saturated heterocycles. The molecular weight excluding hydrogens is 180 g/mol. The number of rotatable bonds is 0. The first kappa shape index (κ1) is 9.93. The standard InChI is InChI=1S/C15H24/c1-13(2)8-5-6-12-14(3,4)11-7-9-15(12,13)10-11/h6,11H,5,7-10H2,1-4H3/t11-,15?/m0/s1. The van der Waals surface area contributed by atoms with Crippen LogP contribution in [0.3, 0.4) is 0 Å². The van der Waals surface area contributed by atoms with Crippen molar-refractivity contribution in [3.05, 3.63) is 11.6 Å². The van der Waals surface area contributed by atoms with E-state index in [0.717, 1.165) is 5.92 Å². The van der Waals surface area contributed by atoms with Gasteiger partial charge in [-0.3, -0.25) is 0 Å². The Hall–Kier alpha value is -0.260. The van der Waals surface area contributed by atoms with Gasteiger partial charge < -0.3 is 0 Å². The summed E-state index contributed by atoms with van der Waals surface area (Å²) in [5.74, 6) is 0.973. The molecule has 0 radical (unpaired) electrons. The topological polar surface area (TPSA) is 0 Å². The minimum absolute atomic E-state index is 0.510. The third-order valence-electron chi connectivity index (χ3n) is 6.16. The third kappa shape index (κ3) is 0.946. The van der Waals surface area contributed by atoms with E-state index in [1.807, 2.05) is 5.57 Å². The molecule has 0 aliphatic heterocycles. The second-order valence-corrected chi connectivity index (χ2v) is 7.28. The molecular formula is C15H24. The molecule has 3 rings (SSSR count). The fraction of sp³-hybridized carbons (Fsp3) is 0.867. The van der Waals surface area contributed by atoms with Crippen LogP contribution in [0.5, 0.6) is 0 Å². The number of fused-ring (bicyclic) bond motifs is 1. The van der Waals surface area contributed by atoms with Crippen molar-refractivity contribution in [1.29, 1.82) is 0 Å². The summed E-state index contributed by atoms with van der Waals surface area (Å²) in [5.41, 5.74) is 3.50. The van der Waals surface area contributed by atoms with Crippen molar-refractivity contribution in [1.82, 2.24) is 0 Å². The molecule has 2 fully saturated rings. The predicted molar refractivity (Wildman–Crippen MR) is 64.7 cm³/mol. The molecule has 0 heterocycles. The maximum absolute atomic E-state index is 2.60. The summed E-state index contributed by atoms with van der Waals surface area (Å²) in [6, 6.07) is 0. The van der Waals surface area contributed by atoms with Gasteiger partial charge >= 0.3 is 0 Å². The lowest BCUT2D eigenvalue weighted by atomic mass is 9.54. The molecule has 0 nitrogen and oxygen atoms in total. The Morgan fingerprint density at radius 1 is 1.13 bits per heavy atom. The molecule has 0 amide bonds. The minimum Gasteiger partial charge on any atom is -0.0842 e. The van der Waals surface area contributed by atoms with Crippen LogP contribution in [0.4, 0.5) is 0 Å². The van der Waals surface area contributed by atoms with Gasteiger partial charge in [-0.15, -0.1) is 0 Å². The van der Waals surface area contributed by atoms with E-state index in [4.69, 9.17) is 0 Å². The zero-order valence-corrected chi connectivity index (χ0v) is 10.7. The van der Waals surface area contributed by atoms with Crippen LogP contribution in [0.15, 0.2) is 11.6 Å². The highest BCUT2D eigenvalue weighted by Gasteiger charge is 2.63. The Morgan fingerprint density at radius 2 is 1.87 bits per heavy atom. The summed E-state index contributed by atoms with van der Waals surface area (Å²) >= 11 is 0. The predicted octanol–water partition coefficient (Wildman–Crippen LogP) is 4.56. The molecule has 2 atom stereocenters. The quantitative estimate of drug-likeness (QED) is 0.507. The molecule has 3 aliphatic carbocycles. The van der Waals surface area contributed by atoms with Gasteiger partial charge in [0.2, 0.25) is 0 Å². The SMILES string of the molecule is CC1(C)C2=CCCC(C)(C)C23CC[C@H]1C3. The Balaban J connectivity index is 2.17. The smallest absolute Gasteiger partial charge is 0.00284 e. The summed E-state index contributed by atoms with van der Waals surface area (Å²) in [7, 11) is 0. The van der Waals surface area contributed by atoms with Crippen LogP contribution in [0.25, 0.3) is 0 Å². The maximum atomic E-state index is 2.60. The largest absolute Gasteiger partial charge is 0.0842 e. The summed E-state index contributed by atoms with van der Waals surface area (Å²) in [6.45, 7) is 10.0. The minimum atomic E-state index is 0.510. The summed E-state index contributed by atoms with van der Waals surface area (Å²) in [4.78, 5) is 0. The molecule has 84 valence electrons. The van der Waals surface area contributed by atoms with Crippen molar-refractivity contribution >= 4 is 0 Å².